The first-order chi connectivity index (χ1) is 9.13. The van der Waals surface area contributed by atoms with Gasteiger partial charge in [-0.05, 0) is 6.42 Å². The number of aromatic nitrogens is 1. The second kappa shape index (κ2) is 7.93. The van der Waals surface area contributed by atoms with Crippen molar-refractivity contribution in [3.63, 3.8) is 0 Å². The highest BCUT2D eigenvalue weighted by Crippen LogP contribution is 2.26. The van der Waals surface area contributed by atoms with Gasteiger partial charge in [-0.3, -0.25) is 4.79 Å². The van der Waals surface area contributed by atoms with Crippen LogP contribution in [0.2, 0.25) is 0 Å². The maximum Gasteiger partial charge on any atom is 0.268 e. The molecule has 1 amide bonds. The average molecular weight is 288 g/mol. The maximum absolute atomic E-state index is 12.2. The Kier molecular flexibility index (Phi) is 6.54. The van der Waals surface area contributed by atoms with E-state index in [9.17, 15) is 4.79 Å². The second-order valence-electron chi connectivity index (χ2n) is 3.90. The van der Waals surface area contributed by atoms with Crippen molar-refractivity contribution in [3.05, 3.63) is 4.88 Å². The van der Waals surface area contributed by atoms with E-state index in [1.54, 1.807) is 0 Å². The lowest BCUT2D eigenvalue weighted by Crippen LogP contribution is -2.35. The van der Waals surface area contributed by atoms with E-state index in [4.69, 9.17) is 15.9 Å². The van der Waals surface area contributed by atoms with Crippen molar-refractivity contribution in [2.75, 3.05) is 43.9 Å². The summed E-state index contributed by atoms with van der Waals surface area (Å²) in [6.45, 7) is 2.79. The fourth-order valence-electron chi connectivity index (χ4n) is 1.49. The van der Waals surface area contributed by atoms with E-state index in [1.165, 1.54) is 16.2 Å². The van der Waals surface area contributed by atoms with E-state index in [0.29, 0.717) is 10.0 Å². The van der Waals surface area contributed by atoms with Gasteiger partial charge in [-0.25, -0.2) is 4.98 Å². The van der Waals surface area contributed by atoms with Crippen LogP contribution in [0, 0.1) is 0 Å². The predicted molar refractivity (Wildman–Crippen MR) is 75.4 cm³/mol. The van der Waals surface area contributed by atoms with Crippen LogP contribution in [0.15, 0.2) is 0 Å². The molecule has 0 spiro atoms. The Labute approximate surface area is 116 Å². The van der Waals surface area contributed by atoms with Gasteiger partial charge >= 0.3 is 0 Å². The number of nitrogens with two attached hydrogens (primary N) is 1. The van der Waals surface area contributed by atoms with Crippen LogP contribution < -0.4 is 11.1 Å². The molecule has 1 heterocycles. The van der Waals surface area contributed by atoms with Crippen LogP contribution in [0.4, 0.5) is 10.9 Å². The van der Waals surface area contributed by atoms with Crippen LogP contribution in [0.3, 0.4) is 0 Å². The first-order valence-corrected chi connectivity index (χ1v) is 6.96. The molecule has 19 heavy (non-hydrogen) atoms. The van der Waals surface area contributed by atoms with Crippen molar-refractivity contribution in [1.82, 2.24) is 9.88 Å². The number of anilines is 2. The molecular formula is C11H20N4O3S. The minimum absolute atomic E-state index is 0.161. The van der Waals surface area contributed by atoms with E-state index in [2.05, 4.69) is 10.3 Å². The van der Waals surface area contributed by atoms with Gasteiger partial charge in [0.2, 0.25) is 0 Å². The van der Waals surface area contributed by atoms with Gasteiger partial charge in [-0.2, -0.15) is 0 Å². The minimum Gasteiger partial charge on any atom is -0.395 e. The van der Waals surface area contributed by atoms with Crippen LogP contribution in [0.25, 0.3) is 0 Å². The van der Waals surface area contributed by atoms with E-state index < -0.39 is 0 Å². The van der Waals surface area contributed by atoms with Gasteiger partial charge in [0.05, 0.1) is 13.2 Å². The smallest absolute Gasteiger partial charge is 0.268 e. The highest BCUT2D eigenvalue weighted by Gasteiger charge is 2.21. The Morgan fingerprint density at radius 2 is 2.05 bits per heavy atom. The van der Waals surface area contributed by atoms with E-state index in [-0.39, 0.29) is 38.0 Å². The molecule has 0 aliphatic carbocycles. The topological polar surface area (TPSA) is 112 Å². The van der Waals surface area contributed by atoms with Gasteiger partial charge in [0.25, 0.3) is 5.91 Å². The number of hydrogen-bond acceptors (Lipinski definition) is 7. The molecule has 0 aliphatic rings. The molecule has 0 radical (unpaired) electrons. The highest BCUT2D eigenvalue weighted by atomic mass is 32.1. The molecule has 0 aromatic carbocycles. The molecule has 0 bridgehead atoms. The number of amides is 1. The molecule has 1 rings (SSSR count). The zero-order chi connectivity index (χ0) is 14.3. The molecule has 0 fully saturated rings. The Hall–Kier alpha value is -1.38. The van der Waals surface area contributed by atoms with Crippen LogP contribution in [-0.2, 0) is 0 Å². The van der Waals surface area contributed by atoms with Crippen LogP contribution in [0.1, 0.15) is 23.0 Å². The number of carbonyl (C=O) groups excluding carboxylic acids is 1. The summed E-state index contributed by atoms with van der Waals surface area (Å²) >= 11 is 1.19. The van der Waals surface area contributed by atoms with Gasteiger partial charge in [0.1, 0.15) is 10.7 Å². The molecule has 7 nitrogen and oxygen atoms in total. The fourth-order valence-corrected chi connectivity index (χ4v) is 2.37. The SMILES string of the molecule is CCCNc1nc(N)c(C(=O)N(CCO)CCO)s1. The van der Waals surface area contributed by atoms with Crippen molar-refractivity contribution >= 4 is 28.2 Å². The zero-order valence-corrected chi connectivity index (χ0v) is 11.7. The molecule has 0 aliphatic heterocycles. The standard InChI is InChI=1S/C11H20N4O3S/c1-2-3-13-11-14-9(12)8(19-11)10(18)15(4-6-16)5-7-17/h16-17H,2-7,12H2,1H3,(H,13,14). The summed E-state index contributed by atoms with van der Waals surface area (Å²) in [5.74, 6) is -0.142. The molecule has 0 atom stereocenters. The summed E-state index contributed by atoms with van der Waals surface area (Å²) in [5, 5.41) is 21.5. The lowest BCUT2D eigenvalue weighted by molar-refractivity contribution is 0.0690. The van der Waals surface area contributed by atoms with E-state index in [1.807, 2.05) is 6.92 Å². The summed E-state index contributed by atoms with van der Waals surface area (Å²) in [7, 11) is 0. The number of thiazole rings is 1. The van der Waals surface area contributed by atoms with Crippen molar-refractivity contribution in [2.24, 2.45) is 0 Å². The van der Waals surface area contributed by atoms with Gasteiger partial charge in [0, 0.05) is 19.6 Å². The predicted octanol–water partition coefficient (Wildman–Crippen LogP) is -0.0260. The Bertz CT molecular complexity index is 405. The summed E-state index contributed by atoms with van der Waals surface area (Å²) in [5.41, 5.74) is 5.73. The summed E-state index contributed by atoms with van der Waals surface area (Å²) in [6, 6.07) is 0. The quantitative estimate of drug-likeness (QED) is 0.534. The van der Waals surface area contributed by atoms with Gasteiger partial charge in [-0.1, -0.05) is 18.3 Å². The van der Waals surface area contributed by atoms with Crippen LogP contribution in [0.5, 0.6) is 0 Å². The third kappa shape index (κ3) is 4.34. The third-order valence-corrected chi connectivity index (χ3v) is 3.42. The number of aliphatic hydroxyl groups is 2. The first kappa shape index (κ1) is 15.7. The molecular weight excluding hydrogens is 268 g/mol. The number of nitrogens with zero attached hydrogens (tertiary/aromatic N) is 2. The van der Waals surface area contributed by atoms with Crippen molar-refractivity contribution < 1.29 is 15.0 Å². The Morgan fingerprint density at radius 3 is 2.58 bits per heavy atom. The molecule has 8 heteroatoms. The second-order valence-corrected chi connectivity index (χ2v) is 4.90. The largest absolute Gasteiger partial charge is 0.395 e. The molecule has 5 N–H and O–H groups in total. The Morgan fingerprint density at radius 1 is 1.42 bits per heavy atom. The number of nitrogens with one attached hydrogen (secondary N) is 1. The molecule has 1 aromatic heterocycles. The third-order valence-electron chi connectivity index (χ3n) is 2.40. The molecule has 0 saturated heterocycles. The zero-order valence-electron chi connectivity index (χ0n) is 10.9. The van der Waals surface area contributed by atoms with E-state index in [0.717, 1.165) is 13.0 Å². The lowest BCUT2D eigenvalue weighted by atomic mass is 10.4. The summed E-state index contributed by atoms with van der Waals surface area (Å²) in [4.78, 5) is 18.0. The van der Waals surface area contributed by atoms with Crippen molar-refractivity contribution in [2.45, 2.75) is 13.3 Å². The molecule has 1 aromatic rings. The van der Waals surface area contributed by atoms with Crippen molar-refractivity contribution in [1.29, 1.82) is 0 Å². The summed E-state index contributed by atoms with van der Waals surface area (Å²) < 4.78 is 0. The summed E-state index contributed by atoms with van der Waals surface area (Å²) in [6.07, 6.45) is 0.948. The highest BCUT2D eigenvalue weighted by molar-refractivity contribution is 7.18. The van der Waals surface area contributed by atoms with Crippen molar-refractivity contribution in [3.8, 4) is 0 Å². The monoisotopic (exact) mass is 288 g/mol. The maximum atomic E-state index is 12.2. The number of hydrogen-bond donors (Lipinski definition) is 4. The fraction of sp³-hybridized carbons (Fsp3) is 0.636. The van der Waals surface area contributed by atoms with E-state index >= 15 is 0 Å². The van der Waals surface area contributed by atoms with Gasteiger partial charge in [0.15, 0.2) is 5.13 Å². The molecule has 0 saturated carbocycles. The van der Waals surface area contributed by atoms with Gasteiger partial charge < -0.3 is 26.2 Å². The average Bonchev–Trinajstić information content (AvgIpc) is 2.76. The van der Waals surface area contributed by atoms with Gasteiger partial charge in [-0.15, -0.1) is 0 Å². The molecule has 108 valence electrons. The minimum atomic E-state index is -0.317. The van der Waals surface area contributed by atoms with Crippen LogP contribution in [-0.4, -0.2) is 58.9 Å². The van der Waals surface area contributed by atoms with Crippen LogP contribution >= 0.6 is 11.3 Å². The Balaban J connectivity index is 2.81. The lowest BCUT2D eigenvalue weighted by Gasteiger charge is -2.19. The first-order valence-electron chi connectivity index (χ1n) is 6.15. The number of aliphatic hydroxyl groups excluding tert-OH is 2. The number of rotatable bonds is 8. The molecule has 0 unspecified atom stereocenters. The normalized spacial score (nSPS) is 10.5. The number of carbonyl (C=O) groups is 1. The number of nitrogen functional groups attached to an aromatic ring is 1.